The molecule has 1 saturated heterocycles. The van der Waals surface area contributed by atoms with Gasteiger partial charge in [-0.3, -0.25) is 4.79 Å². The second-order valence-corrected chi connectivity index (χ2v) is 5.91. The van der Waals surface area contributed by atoms with Crippen LogP contribution in [0.2, 0.25) is 0 Å². The number of halogens is 1. The summed E-state index contributed by atoms with van der Waals surface area (Å²) in [6, 6.07) is 0. The first-order valence-corrected chi connectivity index (χ1v) is 6.71. The molecule has 0 bridgehead atoms. The summed E-state index contributed by atoms with van der Waals surface area (Å²) >= 11 is 0. The van der Waals surface area contributed by atoms with Crippen molar-refractivity contribution in [1.82, 2.24) is 4.90 Å². The fourth-order valence-corrected chi connectivity index (χ4v) is 2.93. The van der Waals surface area contributed by atoms with Crippen LogP contribution in [0.25, 0.3) is 0 Å². The Morgan fingerprint density at radius 1 is 1.41 bits per heavy atom. The summed E-state index contributed by atoms with van der Waals surface area (Å²) in [6.07, 6.45) is 3.96. The molecule has 2 aliphatic carbocycles. The van der Waals surface area contributed by atoms with E-state index in [1.807, 2.05) is 0 Å². The van der Waals surface area contributed by atoms with Crippen molar-refractivity contribution in [3.8, 4) is 0 Å². The topological polar surface area (TPSA) is 29.5 Å². The summed E-state index contributed by atoms with van der Waals surface area (Å²) in [4.78, 5) is 13.8. The molecule has 3 fully saturated rings. The van der Waals surface area contributed by atoms with Gasteiger partial charge in [-0.15, -0.1) is 0 Å². The molecule has 0 aromatic carbocycles. The van der Waals surface area contributed by atoms with E-state index in [1.165, 1.54) is 6.42 Å². The molecule has 1 amide bonds. The Balaban J connectivity index is 1.66. The fraction of sp³-hybridized carbons (Fsp3) is 0.923. The van der Waals surface area contributed by atoms with Crippen molar-refractivity contribution < 1.29 is 13.9 Å². The molecule has 0 aromatic heterocycles. The molecule has 0 N–H and O–H groups in total. The Morgan fingerprint density at radius 2 is 2.18 bits per heavy atom. The summed E-state index contributed by atoms with van der Waals surface area (Å²) in [7, 11) is 0. The summed E-state index contributed by atoms with van der Waals surface area (Å²) in [6.45, 7) is 2.58. The number of alkyl halides is 1. The fourth-order valence-electron chi connectivity index (χ4n) is 2.93. The molecule has 96 valence electrons. The van der Waals surface area contributed by atoms with Crippen LogP contribution in [0.5, 0.6) is 0 Å². The van der Waals surface area contributed by atoms with Gasteiger partial charge in [0, 0.05) is 18.5 Å². The standard InChI is InChI=1S/C13H20FNO2/c14-11(10-2-3-10)12(16)15-6-7-17-9-13(8-15)4-1-5-13/h10-11H,1-9H2. The summed E-state index contributed by atoms with van der Waals surface area (Å²) in [5.41, 5.74) is 0.148. The van der Waals surface area contributed by atoms with Gasteiger partial charge in [0.25, 0.3) is 5.91 Å². The SMILES string of the molecule is O=C(C(F)C1CC1)N1CCOCC2(CCC2)C1. The van der Waals surface area contributed by atoms with E-state index in [4.69, 9.17) is 4.74 Å². The lowest BCUT2D eigenvalue weighted by atomic mass is 9.69. The average molecular weight is 241 g/mol. The van der Waals surface area contributed by atoms with Crippen LogP contribution in [0.3, 0.4) is 0 Å². The molecule has 3 rings (SSSR count). The Labute approximate surface area is 101 Å². The van der Waals surface area contributed by atoms with E-state index in [0.717, 1.165) is 32.3 Å². The lowest BCUT2D eigenvalue weighted by molar-refractivity contribution is -0.139. The lowest BCUT2D eigenvalue weighted by Crippen LogP contribution is -2.48. The monoisotopic (exact) mass is 241 g/mol. The van der Waals surface area contributed by atoms with Crippen LogP contribution in [0.4, 0.5) is 4.39 Å². The predicted octanol–water partition coefficient (Wildman–Crippen LogP) is 1.76. The molecular formula is C13H20FNO2. The van der Waals surface area contributed by atoms with Crippen LogP contribution in [-0.2, 0) is 9.53 Å². The van der Waals surface area contributed by atoms with E-state index < -0.39 is 6.17 Å². The molecule has 1 heterocycles. The largest absolute Gasteiger partial charge is 0.379 e. The van der Waals surface area contributed by atoms with Gasteiger partial charge in [0.15, 0.2) is 6.17 Å². The van der Waals surface area contributed by atoms with Gasteiger partial charge in [0.2, 0.25) is 0 Å². The Morgan fingerprint density at radius 3 is 2.76 bits per heavy atom. The zero-order valence-electron chi connectivity index (χ0n) is 10.2. The average Bonchev–Trinajstić information content (AvgIpc) is 3.11. The molecule has 1 atom stereocenters. The number of hydrogen-bond donors (Lipinski definition) is 0. The number of nitrogens with zero attached hydrogens (tertiary/aromatic N) is 1. The summed E-state index contributed by atoms with van der Waals surface area (Å²) < 4.78 is 19.4. The molecular weight excluding hydrogens is 221 g/mol. The van der Waals surface area contributed by atoms with Gasteiger partial charge in [0.1, 0.15) is 0 Å². The van der Waals surface area contributed by atoms with Crippen LogP contribution in [0.15, 0.2) is 0 Å². The number of rotatable bonds is 2. The second kappa shape index (κ2) is 4.23. The van der Waals surface area contributed by atoms with E-state index in [0.29, 0.717) is 19.7 Å². The van der Waals surface area contributed by atoms with Gasteiger partial charge in [-0.2, -0.15) is 0 Å². The highest BCUT2D eigenvalue weighted by molar-refractivity contribution is 5.81. The van der Waals surface area contributed by atoms with Crippen molar-refractivity contribution in [2.75, 3.05) is 26.3 Å². The number of carbonyl (C=O) groups excluding carboxylic acids is 1. The van der Waals surface area contributed by atoms with Crippen LogP contribution >= 0.6 is 0 Å². The predicted molar refractivity (Wildman–Crippen MR) is 61.3 cm³/mol. The van der Waals surface area contributed by atoms with E-state index in [2.05, 4.69) is 0 Å². The lowest BCUT2D eigenvalue weighted by Gasteiger charge is -2.42. The Kier molecular flexibility index (Phi) is 2.85. The number of carbonyl (C=O) groups is 1. The summed E-state index contributed by atoms with van der Waals surface area (Å²) in [5.74, 6) is -0.284. The third-order valence-electron chi connectivity index (χ3n) is 4.44. The molecule has 2 saturated carbocycles. The third kappa shape index (κ3) is 2.19. The van der Waals surface area contributed by atoms with Crippen LogP contribution in [-0.4, -0.2) is 43.3 Å². The summed E-state index contributed by atoms with van der Waals surface area (Å²) in [5, 5.41) is 0. The molecule has 3 nitrogen and oxygen atoms in total. The minimum Gasteiger partial charge on any atom is -0.379 e. The molecule has 0 radical (unpaired) electrons. The molecule has 4 heteroatoms. The quantitative estimate of drug-likeness (QED) is 0.737. The highest BCUT2D eigenvalue weighted by Gasteiger charge is 2.44. The molecule has 17 heavy (non-hydrogen) atoms. The first-order valence-electron chi connectivity index (χ1n) is 6.71. The van der Waals surface area contributed by atoms with Crippen molar-refractivity contribution in [3.63, 3.8) is 0 Å². The normalized spacial score (nSPS) is 29.6. The van der Waals surface area contributed by atoms with E-state index >= 15 is 0 Å². The van der Waals surface area contributed by atoms with Crippen molar-refractivity contribution in [2.24, 2.45) is 11.3 Å². The molecule has 3 aliphatic rings. The smallest absolute Gasteiger partial charge is 0.257 e. The molecule has 0 aromatic rings. The van der Waals surface area contributed by atoms with Gasteiger partial charge in [0.05, 0.1) is 13.2 Å². The molecule has 1 spiro atoms. The zero-order chi connectivity index (χ0) is 11.9. The molecule has 1 aliphatic heterocycles. The van der Waals surface area contributed by atoms with Gasteiger partial charge in [-0.1, -0.05) is 6.42 Å². The number of ether oxygens (including phenoxy) is 1. The van der Waals surface area contributed by atoms with Gasteiger partial charge in [-0.05, 0) is 31.6 Å². The van der Waals surface area contributed by atoms with Crippen LogP contribution in [0.1, 0.15) is 32.1 Å². The van der Waals surface area contributed by atoms with Crippen molar-refractivity contribution in [2.45, 2.75) is 38.3 Å². The minimum atomic E-state index is -1.26. The first-order chi connectivity index (χ1) is 8.20. The van der Waals surface area contributed by atoms with Crippen LogP contribution < -0.4 is 0 Å². The highest BCUT2D eigenvalue weighted by Crippen LogP contribution is 2.43. The zero-order valence-corrected chi connectivity index (χ0v) is 10.2. The van der Waals surface area contributed by atoms with Crippen LogP contribution in [0, 0.1) is 11.3 Å². The van der Waals surface area contributed by atoms with E-state index in [1.54, 1.807) is 4.90 Å². The van der Waals surface area contributed by atoms with Gasteiger partial charge >= 0.3 is 0 Å². The third-order valence-corrected chi connectivity index (χ3v) is 4.44. The van der Waals surface area contributed by atoms with E-state index in [-0.39, 0.29) is 17.2 Å². The van der Waals surface area contributed by atoms with Gasteiger partial charge < -0.3 is 9.64 Å². The number of hydrogen-bond acceptors (Lipinski definition) is 2. The maximum Gasteiger partial charge on any atom is 0.257 e. The van der Waals surface area contributed by atoms with Gasteiger partial charge in [-0.25, -0.2) is 4.39 Å². The van der Waals surface area contributed by atoms with Crippen molar-refractivity contribution in [3.05, 3.63) is 0 Å². The maximum atomic E-state index is 13.8. The second-order valence-electron chi connectivity index (χ2n) is 5.91. The Bertz CT molecular complexity index is 313. The van der Waals surface area contributed by atoms with Crippen molar-refractivity contribution in [1.29, 1.82) is 0 Å². The number of amides is 1. The van der Waals surface area contributed by atoms with Crippen molar-refractivity contribution >= 4 is 5.91 Å². The minimum absolute atomic E-state index is 0.00371. The maximum absolute atomic E-state index is 13.8. The first kappa shape index (κ1) is 11.5. The van der Waals surface area contributed by atoms with E-state index in [9.17, 15) is 9.18 Å². The molecule has 1 unspecified atom stereocenters. The highest BCUT2D eigenvalue weighted by atomic mass is 19.1. The Hall–Kier alpha value is -0.640.